The van der Waals surface area contributed by atoms with E-state index in [1.165, 1.54) is 0 Å². The molecule has 0 spiro atoms. The summed E-state index contributed by atoms with van der Waals surface area (Å²) in [6.45, 7) is 0. The first kappa shape index (κ1) is 20.4. The molecule has 0 fully saturated rings. The van der Waals surface area contributed by atoms with Gasteiger partial charge in [-0.25, -0.2) is 8.42 Å². The zero-order valence-electron chi connectivity index (χ0n) is 6.61. The molecular weight excluding hydrogens is 357 g/mol. The Morgan fingerprint density at radius 1 is 1.31 bits per heavy atom. The normalized spacial score (nSPS) is 10.0. The first-order chi connectivity index (χ1) is 5.47. The Bertz CT molecular complexity index is 211. The van der Waals surface area contributed by atoms with Gasteiger partial charge in [0.2, 0.25) is 0 Å². The zero-order valence-corrected chi connectivity index (χ0v) is 14.1. The summed E-state index contributed by atoms with van der Waals surface area (Å²) in [5.41, 5.74) is 0. The van der Waals surface area contributed by atoms with Crippen LogP contribution in [-0.4, -0.2) is 56.5 Å². The molecule has 0 bridgehead atoms. The average molecular weight is 362 g/mol. The van der Waals surface area contributed by atoms with Gasteiger partial charge in [-0.1, -0.05) is 0 Å². The van der Waals surface area contributed by atoms with Crippen molar-refractivity contribution in [2.75, 3.05) is 11.5 Å². The van der Waals surface area contributed by atoms with Gasteiger partial charge in [0.15, 0.2) is 0 Å². The first-order valence-corrected chi connectivity index (χ1v) is 7.61. The maximum atomic E-state index is 9.63. The second kappa shape index (κ2) is 13.9. The van der Waals surface area contributed by atoms with Gasteiger partial charge in [0.05, 0.1) is 10.1 Å². The fourth-order valence-electron chi connectivity index (χ4n) is 0.125. The molecule has 0 radical (unpaired) electrons. The maximum absolute atomic E-state index is 9.63. The van der Waals surface area contributed by atoms with Gasteiger partial charge < -0.3 is 4.55 Å². The van der Waals surface area contributed by atoms with Crippen LogP contribution in [0.1, 0.15) is 0 Å². The fraction of sp³-hybridized carbons (Fsp3) is 1.00. The molecule has 0 aromatic heterocycles. The van der Waals surface area contributed by atoms with Crippen molar-refractivity contribution in [1.82, 2.24) is 0 Å². The van der Waals surface area contributed by atoms with Crippen LogP contribution in [0, 0.1) is 0 Å². The van der Waals surface area contributed by atoms with E-state index < -0.39 is 42.2 Å². The molecule has 72 valence electrons. The zero-order chi connectivity index (χ0) is 10.0. The van der Waals surface area contributed by atoms with Crippen molar-refractivity contribution >= 4 is 54.8 Å². The summed E-state index contributed by atoms with van der Waals surface area (Å²) in [7, 11) is -4.00. The summed E-state index contributed by atoms with van der Waals surface area (Å²) in [4.78, 5) is 0. The molecule has 0 saturated heterocycles. The van der Waals surface area contributed by atoms with Gasteiger partial charge >= 0.3 is 71.8 Å². The molecule has 0 rings (SSSR count). The van der Waals surface area contributed by atoms with Gasteiger partial charge in [0.25, 0.3) is 0 Å². The summed E-state index contributed by atoms with van der Waals surface area (Å²) < 4.78 is 51.2. The van der Waals surface area contributed by atoms with E-state index >= 15 is 0 Å². The average Bonchev–Trinajstić information content (AvgIpc) is 1.87. The van der Waals surface area contributed by atoms with Crippen molar-refractivity contribution in [1.29, 1.82) is 0 Å². The summed E-state index contributed by atoms with van der Waals surface area (Å²) in [5.74, 6) is -0.276. The second-order valence-electron chi connectivity index (χ2n) is 1.22. The Balaban J connectivity index is -0.000000150. The minimum Gasteiger partial charge on any atom is 1.00 e. The van der Waals surface area contributed by atoms with Crippen molar-refractivity contribution in [2.24, 2.45) is 0 Å². The van der Waals surface area contributed by atoms with Crippen molar-refractivity contribution in [3.8, 4) is 0 Å². The molecule has 0 aliphatic heterocycles. The largest absolute Gasteiger partial charge is 1.00 e. The fourth-order valence-corrected chi connectivity index (χ4v) is 1.37. The summed E-state index contributed by atoms with van der Waals surface area (Å²) in [6.07, 6.45) is 0. The smallest absolute Gasteiger partial charge is 1.00 e. The Kier molecular flexibility index (Phi) is 21.8. The van der Waals surface area contributed by atoms with Crippen molar-refractivity contribution in [3.05, 3.63) is 0 Å². The van der Waals surface area contributed by atoms with E-state index in [1.54, 1.807) is 0 Å². The third-order valence-corrected chi connectivity index (χ3v) is 3.37. The first-order valence-electron chi connectivity index (χ1n) is 2.34. The van der Waals surface area contributed by atoms with Crippen LogP contribution in [0.2, 0.25) is 0 Å². The van der Waals surface area contributed by atoms with E-state index in [2.05, 4.69) is 15.3 Å². The van der Waals surface area contributed by atoms with Crippen LogP contribution in [0.4, 0.5) is 0 Å². The Morgan fingerprint density at radius 3 is 1.69 bits per heavy atom. The Morgan fingerprint density at radius 2 is 1.69 bits per heavy atom. The van der Waals surface area contributed by atoms with E-state index in [0.717, 1.165) is 0 Å². The predicted octanol–water partition coefficient (Wildman–Crippen LogP) is -4.60. The molecule has 0 N–H and O–H groups in total. The number of hydrogen-bond acceptors (Lipinski definition) is 7. The van der Waals surface area contributed by atoms with Crippen LogP contribution in [0.25, 0.3) is 0 Å². The van der Waals surface area contributed by atoms with Crippen LogP contribution in [0.5, 0.6) is 0 Å². The van der Waals surface area contributed by atoms with Gasteiger partial charge in [-0.05, 0) is 0 Å². The molecule has 0 amide bonds. The molecule has 11 heteroatoms. The van der Waals surface area contributed by atoms with Crippen LogP contribution < -0.4 is 29.6 Å². The van der Waals surface area contributed by atoms with Crippen LogP contribution in [0.15, 0.2) is 0 Å². The summed E-state index contributed by atoms with van der Waals surface area (Å²) in [6, 6.07) is 0. The van der Waals surface area contributed by atoms with Gasteiger partial charge in [-0.3, -0.25) is 0 Å². The van der Waals surface area contributed by atoms with Crippen LogP contribution in [0.3, 0.4) is 0 Å². The second-order valence-corrected chi connectivity index (χ2v) is 5.94. The summed E-state index contributed by atoms with van der Waals surface area (Å²) in [5, 5.41) is 0. The molecule has 0 aliphatic rings. The van der Waals surface area contributed by atoms with Gasteiger partial charge in [0, 0.05) is 11.5 Å². The third kappa shape index (κ3) is 31.5. The van der Waals surface area contributed by atoms with Gasteiger partial charge in [-0.15, -0.1) is 0 Å². The molecule has 0 unspecified atom stereocenters. The van der Waals surface area contributed by atoms with E-state index in [9.17, 15) is 20.4 Å². The molecule has 0 aromatic carbocycles. The van der Waals surface area contributed by atoms with E-state index in [0.29, 0.717) is 0 Å². The molecule has 0 aromatic rings. The topological polar surface area (TPSA) is 101 Å². The van der Waals surface area contributed by atoms with Crippen LogP contribution in [-0.2, 0) is 20.3 Å². The number of rotatable bonds is 4. The standard InChI is InChI=1S/C2H6O3S2.As2O3.Na/c3-7(4,5)2-1-6;3-1-5-2-4;/h6H,1-2H2,(H,3,4,5);;/q;;+1/p-1. The minimum absolute atomic E-state index is 0. The van der Waals surface area contributed by atoms with E-state index in [4.69, 9.17) is 0 Å². The number of hydrogen-bond donors (Lipinski definition) is 1. The molecule has 0 saturated carbocycles. The predicted molar refractivity (Wildman–Crippen MR) is 42.4 cm³/mol. The van der Waals surface area contributed by atoms with Crippen molar-refractivity contribution in [2.45, 2.75) is 0 Å². The Labute approximate surface area is 118 Å². The number of thiol groups is 1. The minimum atomic E-state index is -4.00. The van der Waals surface area contributed by atoms with E-state index in [-0.39, 0.29) is 41.1 Å². The Hall–Kier alpha value is 1.94. The molecular formula is C2H5As2NaO6S2. The van der Waals surface area contributed by atoms with Gasteiger partial charge in [0.1, 0.15) is 0 Å². The van der Waals surface area contributed by atoms with Crippen molar-refractivity contribution in [3.63, 3.8) is 0 Å². The van der Waals surface area contributed by atoms with Gasteiger partial charge in [-0.2, -0.15) is 12.6 Å². The molecule has 0 atom stereocenters. The quantitative estimate of drug-likeness (QED) is 0.307. The molecule has 0 aliphatic carbocycles. The molecule has 0 heterocycles. The third-order valence-electron chi connectivity index (χ3n) is 0.408. The van der Waals surface area contributed by atoms with Crippen molar-refractivity contribution < 1.29 is 52.7 Å². The molecule has 13 heavy (non-hydrogen) atoms. The summed E-state index contributed by atoms with van der Waals surface area (Å²) >= 11 is 0.926. The SMILES string of the molecule is O=S(=O)([O-])CCS.O=[As]O[As]=O.[Na+]. The van der Waals surface area contributed by atoms with Crippen LogP contribution >= 0.6 is 12.6 Å². The molecule has 6 nitrogen and oxygen atoms in total. The monoisotopic (exact) mass is 362 g/mol. The van der Waals surface area contributed by atoms with E-state index in [1.807, 2.05) is 0 Å². The maximum Gasteiger partial charge on any atom is 1.00 e.